The minimum absolute atomic E-state index is 0.0252. The number of pyridine rings is 1. The summed E-state index contributed by atoms with van der Waals surface area (Å²) in [4.78, 5) is 13.8. The minimum atomic E-state index is -0.210. The van der Waals surface area contributed by atoms with Crippen molar-refractivity contribution in [2.24, 2.45) is 0 Å². The van der Waals surface area contributed by atoms with Gasteiger partial charge in [-0.2, -0.15) is 0 Å². The van der Waals surface area contributed by atoms with Crippen molar-refractivity contribution < 1.29 is 9.53 Å². The fourth-order valence-electron chi connectivity index (χ4n) is 2.37. The van der Waals surface area contributed by atoms with Crippen molar-refractivity contribution in [1.29, 1.82) is 0 Å². The summed E-state index contributed by atoms with van der Waals surface area (Å²) >= 11 is 0. The first-order chi connectivity index (χ1) is 9.45. The molecule has 2 aromatic heterocycles. The molecular formula is C13H17N5O2. The zero-order valence-corrected chi connectivity index (χ0v) is 11.8. The molecular weight excluding hydrogens is 258 g/mol. The van der Waals surface area contributed by atoms with Gasteiger partial charge in [-0.05, 0) is 37.3 Å². The van der Waals surface area contributed by atoms with E-state index < -0.39 is 0 Å². The van der Waals surface area contributed by atoms with Crippen LogP contribution >= 0.6 is 0 Å². The summed E-state index contributed by atoms with van der Waals surface area (Å²) in [5, 5.41) is 11.4. The van der Waals surface area contributed by atoms with E-state index in [9.17, 15) is 4.79 Å². The number of carbonyl (C=O) groups is 1. The standard InChI is InChI=1S/C13H17N5O2/c1-13(2,3)17-7-10(20-8-12(17)19)9-4-5-11-14-15-16-18(11)6-9/h4-6,10H,7-8H2,1-3H3. The maximum absolute atomic E-state index is 12.0. The molecule has 1 unspecified atom stereocenters. The molecule has 3 heterocycles. The van der Waals surface area contributed by atoms with Gasteiger partial charge in [0.2, 0.25) is 5.91 Å². The molecule has 2 aromatic rings. The van der Waals surface area contributed by atoms with Gasteiger partial charge in [0.15, 0.2) is 5.65 Å². The van der Waals surface area contributed by atoms with Gasteiger partial charge in [0, 0.05) is 17.3 Å². The van der Waals surface area contributed by atoms with Gasteiger partial charge in [-0.1, -0.05) is 6.07 Å². The van der Waals surface area contributed by atoms with Crippen LogP contribution in [0.15, 0.2) is 18.3 Å². The molecule has 1 aliphatic heterocycles. The summed E-state index contributed by atoms with van der Waals surface area (Å²) in [6.45, 7) is 6.72. The molecule has 7 heteroatoms. The van der Waals surface area contributed by atoms with Crippen molar-refractivity contribution in [3.63, 3.8) is 0 Å². The van der Waals surface area contributed by atoms with E-state index in [1.54, 1.807) is 4.52 Å². The summed E-state index contributed by atoms with van der Waals surface area (Å²) < 4.78 is 7.26. The van der Waals surface area contributed by atoms with Gasteiger partial charge in [0.1, 0.15) is 12.7 Å². The fraction of sp³-hybridized carbons (Fsp3) is 0.538. The average molecular weight is 275 g/mol. The third-order valence-corrected chi connectivity index (χ3v) is 3.45. The number of hydrogen-bond donors (Lipinski definition) is 0. The van der Waals surface area contributed by atoms with Gasteiger partial charge < -0.3 is 9.64 Å². The van der Waals surface area contributed by atoms with Crippen molar-refractivity contribution in [3.05, 3.63) is 23.9 Å². The quantitative estimate of drug-likeness (QED) is 0.770. The molecule has 3 rings (SSSR count). The van der Waals surface area contributed by atoms with Crippen LogP contribution in [0.3, 0.4) is 0 Å². The van der Waals surface area contributed by atoms with Gasteiger partial charge in [-0.15, -0.1) is 5.10 Å². The van der Waals surface area contributed by atoms with Gasteiger partial charge in [-0.25, -0.2) is 4.52 Å². The number of rotatable bonds is 1. The number of tetrazole rings is 1. The number of morpholine rings is 1. The number of aromatic nitrogens is 4. The maximum atomic E-state index is 12.0. The average Bonchev–Trinajstić information content (AvgIpc) is 2.85. The van der Waals surface area contributed by atoms with E-state index in [1.807, 2.05) is 44.0 Å². The lowest BCUT2D eigenvalue weighted by molar-refractivity contribution is -0.156. The Morgan fingerprint density at radius 2 is 2.15 bits per heavy atom. The molecule has 0 aliphatic carbocycles. The lowest BCUT2D eigenvalue weighted by atomic mass is 10.0. The van der Waals surface area contributed by atoms with Crippen LogP contribution in [0.2, 0.25) is 0 Å². The Hall–Kier alpha value is -2.02. The van der Waals surface area contributed by atoms with Crippen LogP contribution in [0, 0.1) is 0 Å². The molecule has 1 atom stereocenters. The smallest absolute Gasteiger partial charge is 0.249 e. The highest BCUT2D eigenvalue weighted by atomic mass is 16.5. The highest BCUT2D eigenvalue weighted by Gasteiger charge is 2.34. The third-order valence-electron chi connectivity index (χ3n) is 3.45. The number of ether oxygens (including phenoxy) is 1. The summed E-state index contributed by atoms with van der Waals surface area (Å²) in [7, 11) is 0. The van der Waals surface area contributed by atoms with E-state index in [-0.39, 0.29) is 24.2 Å². The summed E-state index contributed by atoms with van der Waals surface area (Å²) in [6.07, 6.45) is 1.69. The van der Waals surface area contributed by atoms with Gasteiger partial charge in [0.05, 0.1) is 6.54 Å². The molecule has 0 radical (unpaired) electrons. The first-order valence-corrected chi connectivity index (χ1v) is 6.55. The van der Waals surface area contributed by atoms with Crippen molar-refractivity contribution >= 4 is 11.6 Å². The van der Waals surface area contributed by atoms with Crippen molar-refractivity contribution in [3.8, 4) is 0 Å². The van der Waals surface area contributed by atoms with E-state index in [1.165, 1.54) is 0 Å². The van der Waals surface area contributed by atoms with Crippen LogP contribution in [0.5, 0.6) is 0 Å². The lowest BCUT2D eigenvalue weighted by Gasteiger charge is -2.41. The fourth-order valence-corrected chi connectivity index (χ4v) is 2.37. The van der Waals surface area contributed by atoms with E-state index in [0.29, 0.717) is 12.2 Å². The second kappa shape index (κ2) is 4.52. The highest BCUT2D eigenvalue weighted by Crippen LogP contribution is 2.27. The van der Waals surface area contributed by atoms with E-state index in [2.05, 4.69) is 15.5 Å². The van der Waals surface area contributed by atoms with Crippen LogP contribution in [0.1, 0.15) is 32.4 Å². The zero-order chi connectivity index (χ0) is 14.3. The van der Waals surface area contributed by atoms with E-state index >= 15 is 0 Å². The first-order valence-electron chi connectivity index (χ1n) is 6.55. The second-order valence-electron chi connectivity index (χ2n) is 5.92. The van der Waals surface area contributed by atoms with Gasteiger partial charge in [0.25, 0.3) is 0 Å². The Morgan fingerprint density at radius 3 is 2.90 bits per heavy atom. The van der Waals surface area contributed by atoms with Crippen LogP contribution in [0.25, 0.3) is 5.65 Å². The van der Waals surface area contributed by atoms with Crippen molar-refractivity contribution in [2.75, 3.05) is 13.2 Å². The number of nitrogens with zero attached hydrogens (tertiary/aromatic N) is 5. The molecule has 0 bridgehead atoms. The molecule has 0 saturated carbocycles. The maximum Gasteiger partial charge on any atom is 0.249 e. The SMILES string of the molecule is CC(C)(C)N1CC(c2ccc3nnnn3c2)OCC1=O. The van der Waals surface area contributed by atoms with Crippen molar-refractivity contribution in [2.45, 2.75) is 32.4 Å². The zero-order valence-electron chi connectivity index (χ0n) is 11.8. The molecule has 0 spiro atoms. The topological polar surface area (TPSA) is 72.6 Å². The molecule has 1 amide bonds. The van der Waals surface area contributed by atoms with Crippen LogP contribution in [0.4, 0.5) is 0 Å². The van der Waals surface area contributed by atoms with Crippen molar-refractivity contribution in [1.82, 2.24) is 24.9 Å². The molecule has 20 heavy (non-hydrogen) atoms. The summed E-state index contributed by atoms with van der Waals surface area (Å²) in [5.41, 5.74) is 1.44. The Kier molecular flexibility index (Phi) is 2.93. The third kappa shape index (κ3) is 2.24. The molecule has 106 valence electrons. The number of fused-ring (bicyclic) bond motifs is 1. The Morgan fingerprint density at radius 1 is 1.35 bits per heavy atom. The predicted octanol–water partition coefficient (Wildman–Crippen LogP) is 0.823. The van der Waals surface area contributed by atoms with Gasteiger partial charge >= 0.3 is 0 Å². The summed E-state index contributed by atoms with van der Waals surface area (Å²) in [6, 6.07) is 3.78. The number of amides is 1. The molecule has 1 aliphatic rings. The van der Waals surface area contributed by atoms with E-state index in [0.717, 1.165) is 5.56 Å². The Bertz CT molecular complexity index is 645. The second-order valence-corrected chi connectivity index (χ2v) is 5.92. The normalized spacial score (nSPS) is 20.6. The molecule has 7 nitrogen and oxygen atoms in total. The van der Waals surface area contributed by atoms with Crippen LogP contribution < -0.4 is 0 Å². The lowest BCUT2D eigenvalue weighted by Crippen LogP contribution is -2.52. The molecule has 1 saturated heterocycles. The number of hydrogen-bond acceptors (Lipinski definition) is 5. The number of carbonyl (C=O) groups excluding carboxylic acids is 1. The highest BCUT2D eigenvalue weighted by molar-refractivity contribution is 5.79. The van der Waals surface area contributed by atoms with Crippen LogP contribution in [-0.4, -0.2) is 49.5 Å². The summed E-state index contributed by atoms with van der Waals surface area (Å²) in [5.74, 6) is 0.0252. The largest absolute Gasteiger partial charge is 0.362 e. The Labute approximate surface area is 116 Å². The molecule has 1 fully saturated rings. The van der Waals surface area contributed by atoms with Crippen LogP contribution in [-0.2, 0) is 9.53 Å². The molecule has 0 aromatic carbocycles. The Balaban J connectivity index is 1.88. The first kappa shape index (κ1) is 13.0. The van der Waals surface area contributed by atoms with Gasteiger partial charge in [-0.3, -0.25) is 4.79 Å². The monoisotopic (exact) mass is 275 g/mol. The van der Waals surface area contributed by atoms with E-state index in [4.69, 9.17) is 4.74 Å². The molecule has 0 N–H and O–H groups in total. The predicted molar refractivity (Wildman–Crippen MR) is 70.9 cm³/mol. The minimum Gasteiger partial charge on any atom is -0.362 e.